The lowest BCUT2D eigenvalue weighted by Crippen LogP contribution is -2.26. The highest BCUT2D eigenvalue weighted by atomic mass is 19.3. The van der Waals surface area contributed by atoms with Gasteiger partial charge in [0.25, 0.3) is 0 Å². The second kappa shape index (κ2) is 5.26. The average Bonchev–Trinajstić information content (AvgIpc) is 2.56. The van der Waals surface area contributed by atoms with Crippen molar-refractivity contribution in [2.75, 3.05) is 13.7 Å². The van der Waals surface area contributed by atoms with Gasteiger partial charge in [0.15, 0.2) is 0 Å². The molecule has 0 aromatic carbocycles. The zero-order valence-electron chi connectivity index (χ0n) is 9.00. The Kier molecular flexibility index (Phi) is 4.27. The monoisotopic (exact) mass is 218 g/mol. The Morgan fingerprint density at radius 3 is 2.80 bits per heavy atom. The van der Waals surface area contributed by atoms with Crippen molar-refractivity contribution in [2.24, 2.45) is 0 Å². The van der Waals surface area contributed by atoms with Gasteiger partial charge in [-0.15, -0.1) is 0 Å². The summed E-state index contributed by atoms with van der Waals surface area (Å²) in [6, 6.07) is 0. The molecule has 0 N–H and O–H groups in total. The summed E-state index contributed by atoms with van der Waals surface area (Å²) in [6.07, 6.45) is 3.49. The van der Waals surface area contributed by atoms with Gasteiger partial charge in [-0.3, -0.25) is 0 Å². The van der Waals surface area contributed by atoms with E-state index >= 15 is 0 Å². The Hall–Kier alpha value is -0.900. The standard InChI is InChI=1S/C11H16F2O2/c1-11(14-2)7-3-5-9(11)15-8-4-6-10(12)13/h3,5,7,10H,4,6,8H2,1-2H3. The molecule has 1 unspecified atom stereocenters. The van der Waals surface area contributed by atoms with Crippen LogP contribution in [0.4, 0.5) is 8.78 Å². The Morgan fingerprint density at radius 1 is 1.47 bits per heavy atom. The molecule has 2 nitrogen and oxygen atoms in total. The maximum atomic E-state index is 11.8. The molecule has 0 saturated carbocycles. The molecule has 86 valence electrons. The van der Waals surface area contributed by atoms with Crippen molar-refractivity contribution < 1.29 is 18.3 Å². The van der Waals surface area contributed by atoms with Gasteiger partial charge in [0.2, 0.25) is 6.43 Å². The summed E-state index contributed by atoms with van der Waals surface area (Å²) >= 11 is 0. The summed E-state index contributed by atoms with van der Waals surface area (Å²) in [5.41, 5.74) is -0.537. The zero-order chi connectivity index (χ0) is 11.3. The van der Waals surface area contributed by atoms with E-state index in [-0.39, 0.29) is 6.42 Å². The summed E-state index contributed by atoms with van der Waals surface area (Å²) in [4.78, 5) is 0. The summed E-state index contributed by atoms with van der Waals surface area (Å²) < 4.78 is 34.4. The number of hydrogen-bond acceptors (Lipinski definition) is 2. The minimum atomic E-state index is -2.25. The van der Waals surface area contributed by atoms with Crippen molar-refractivity contribution in [3.63, 3.8) is 0 Å². The fraction of sp³-hybridized carbons (Fsp3) is 0.636. The summed E-state index contributed by atoms with van der Waals surface area (Å²) in [5.74, 6) is 0.680. The van der Waals surface area contributed by atoms with E-state index in [4.69, 9.17) is 9.47 Å². The van der Waals surface area contributed by atoms with E-state index in [9.17, 15) is 8.78 Å². The van der Waals surface area contributed by atoms with Crippen LogP contribution in [0.15, 0.2) is 24.0 Å². The van der Waals surface area contributed by atoms with Crippen molar-refractivity contribution in [3.05, 3.63) is 24.0 Å². The summed E-state index contributed by atoms with van der Waals surface area (Å²) in [6.45, 7) is 2.17. The van der Waals surface area contributed by atoms with Gasteiger partial charge in [-0.05, 0) is 25.5 Å². The Balaban J connectivity index is 2.28. The Bertz CT molecular complexity index is 261. The van der Waals surface area contributed by atoms with Crippen LogP contribution in [0, 0.1) is 0 Å². The SMILES string of the molecule is COC1(C)C=CC=C1OCCCC(F)F. The number of allylic oxidation sites excluding steroid dienone is 2. The molecular weight excluding hydrogens is 202 g/mol. The van der Waals surface area contributed by atoms with Gasteiger partial charge in [0.1, 0.15) is 11.4 Å². The minimum Gasteiger partial charge on any atom is -0.495 e. The van der Waals surface area contributed by atoms with Crippen LogP contribution in [0.1, 0.15) is 19.8 Å². The second-order valence-corrected chi connectivity index (χ2v) is 3.58. The van der Waals surface area contributed by atoms with Crippen LogP contribution in [-0.4, -0.2) is 25.7 Å². The molecule has 0 bridgehead atoms. The van der Waals surface area contributed by atoms with Gasteiger partial charge in [-0.25, -0.2) is 8.78 Å². The highest BCUT2D eigenvalue weighted by molar-refractivity contribution is 5.31. The van der Waals surface area contributed by atoms with E-state index in [0.717, 1.165) is 0 Å². The van der Waals surface area contributed by atoms with Crippen molar-refractivity contribution in [1.82, 2.24) is 0 Å². The third-order valence-corrected chi connectivity index (χ3v) is 2.40. The second-order valence-electron chi connectivity index (χ2n) is 3.58. The van der Waals surface area contributed by atoms with Crippen LogP contribution in [0.5, 0.6) is 0 Å². The maximum Gasteiger partial charge on any atom is 0.238 e. The third-order valence-electron chi connectivity index (χ3n) is 2.40. The van der Waals surface area contributed by atoms with Crippen LogP contribution in [0.2, 0.25) is 0 Å². The predicted octanol–water partition coefficient (Wildman–Crippen LogP) is 2.91. The Morgan fingerprint density at radius 2 is 2.20 bits per heavy atom. The maximum absolute atomic E-state index is 11.8. The third kappa shape index (κ3) is 3.30. The molecular formula is C11H16F2O2. The molecule has 4 heteroatoms. The first kappa shape index (κ1) is 12.2. The lowest BCUT2D eigenvalue weighted by atomic mass is 10.1. The molecule has 1 aliphatic rings. The molecule has 0 saturated heterocycles. The fourth-order valence-electron chi connectivity index (χ4n) is 1.35. The number of halogens is 2. The number of alkyl halides is 2. The number of methoxy groups -OCH3 is 1. The Labute approximate surface area is 88.6 Å². The van der Waals surface area contributed by atoms with E-state index in [1.54, 1.807) is 13.2 Å². The van der Waals surface area contributed by atoms with Crippen molar-refractivity contribution >= 4 is 0 Å². The zero-order valence-corrected chi connectivity index (χ0v) is 9.00. The molecule has 1 rings (SSSR count). The molecule has 0 heterocycles. The number of ether oxygens (including phenoxy) is 2. The molecule has 0 aliphatic heterocycles. The van der Waals surface area contributed by atoms with E-state index < -0.39 is 12.0 Å². The van der Waals surface area contributed by atoms with Crippen LogP contribution in [-0.2, 0) is 9.47 Å². The topological polar surface area (TPSA) is 18.5 Å². The molecule has 0 aromatic rings. The smallest absolute Gasteiger partial charge is 0.238 e. The van der Waals surface area contributed by atoms with E-state index in [2.05, 4.69) is 0 Å². The van der Waals surface area contributed by atoms with E-state index in [0.29, 0.717) is 18.8 Å². The van der Waals surface area contributed by atoms with E-state index in [1.807, 2.05) is 19.1 Å². The van der Waals surface area contributed by atoms with Gasteiger partial charge >= 0.3 is 0 Å². The summed E-state index contributed by atoms with van der Waals surface area (Å²) in [7, 11) is 1.59. The molecule has 1 atom stereocenters. The quantitative estimate of drug-likeness (QED) is 0.638. The molecule has 0 spiro atoms. The first-order valence-electron chi connectivity index (χ1n) is 4.94. The van der Waals surface area contributed by atoms with Gasteiger partial charge in [0.05, 0.1) is 6.61 Å². The largest absolute Gasteiger partial charge is 0.495 e. The van der Waals surface area contributed by atoms with Gasteiger partial charge < -0.3 is 9.47 Å². The lowest BCUT2D eigenvalue weighted by Gasteiger charge is -2.24. The highest BCUT2D eigenvalue weighted by Gasteiger charge is 2.29. The van der Waals surface area contributed by atoms with E-state index in [1.165, 1.54) is 0 Å². The van der Waals surface area contributed by atoms with Gasteiger partial charge in [-0.2, -0.15) is 0 Å². The molecule has 0 amide bonds. The van der Waals surface area contributed by atoms with Crippen LogP contribution >= 0.6 is 0 Å². The highest BCUT2D eigenvalue weighted by Crippen LogP contribution is 2.28. The van der Waals surface area contributed by atoms with Crippen LogP contribution < -0.4 is 0 Å². The predicted molar refractivity (Wildman–Crippen MR) is 53.8 cm³/mol. The summed E-state index contributed by atoms with van der Waals surface area (Å²) in [5, 5.41) is 0. The molecule has 0 fully saturated rings. The van der Waals surface area contributed by atoms with Gasteiger partial charge in [0, 0.05) is 13.5 Å². The fourth-order valence-corrected chi connectivity index (χ4v) is 1.35. The van der Waals surface area contributed by atoms with Crippen molar-refractivity contribution in [2.45, 2.75) is 31.8 Å². The molecule has 0 aromatic heterocycles. The average molecular weight is 218 g/mol. The number of hydrogen-bond donors (Lipinski definition) is 0. The molecule has 0 radical (unpaired) electrons. The number of rotatable bonds is 6. The molecule has 15 heavy (non-hydrogen) atoms. The van der Waals surface area contributed by atoms with Crippen LogP contribution in [0.3, 0.4) is 0 Å². The minimum absolute atomic E-state index is 0.121. The van der Waals surface area contributed by atoms with Gasteiger partial charge in [-0.1, -0.05) is 6.08 Å². The lowest BCUT2D eigenvalue weighted by molar-refractivity contribution is 0.0202. The molecule has 1 aliphatic carbocycles. The van der Waals surface area contributed by atoms with Crippen molar-refractivity contribution in [3.8, 4) is 0 Å². The first-order valence-corrected chi connectivity index (χ1v) is 4.94. The van der Waals surface area contributed by atoms with Crippen LogP contribution in [0.25, 0.3) is 0 Å². The first-order chi connectivity index (χ1) is 7.08. The van der Waals surface area contributed by atoms with Crippen molar-refractivity contribution in [1.29, 1.82) is 0 Å². The normalized spacial score (nSPS) is 24.7.